The van der Waals surface area contributed by atoms with Crippen molar-refractivity contribution in [2.75, 3.05) is 0 Å². The zero-order valence-electron chi connectivity index (χ0n) is 21.1. The topological polar surface area (TPSA) is 126 Å². The fraction of sp³-hybridized carbons (Fsp3) is 0.103. The van der Waals surface area contributed by atoms with Crippen LogP contribution in [0.1, 0.15) is 16.8 Å². The number of nitrogens with zero attached hydrogens (tertiary/aromatic N) is 7. The van der Waals surface area contributed by atoms with E-state index in [1.54, 1.807) is 12.5 Å². The number of aryl methyl sites for hydroxylation is 1. The number of imidazole rings is 2. The molecule has 0 radical (unpaired) electrons. The number of aromatic nitrogens is 9. The Hall–Kier alpha value is -5.22. The highest BCUT2D eigenvalue weighted by molar-refractivity contribution is 5.94. The number of pyridine rings is 3. The summed E-state index contributed by atoms with van der Waals surface area (Å²) in [6.45, 7) is 3.47. The molecule has 10 heteroatoms. The molecular weight excluding hydrogens is 488 g/mol. The number of fused-ring (bicyclic) bond motifs is 2. The van der Waals surface area contributed by atoms with E-state index >= 15 is 0 Å². The van der Waals surface area contributed by atoms with Crippen LogP contribution in [-0.2, 0) is 13.1 Å². The Morgan fingerprint density at radius 3 is 2.62 bits per heavy atom. The first kappa shape index (κ1) is 22.9. The van der Waals surface area contributed by atoms with Crippen molar-refractivity contribution in [1.82, 2.24) is 50.0 Å². The van der Waals surface area contributed by atoms with Crippen molar-refractivity contribution >= 4 is 22.2 Å². The van der Waals surface area contributed by atoms with Gasteiger partial charge < -0.3 is 14.9 Å². The van der Waals surface area contributed by atoms with E-state index in [1.165, 1.54) is 5.56 Å². The van der Waals surface area contributed by atoms with Gasteiger partial charge in [-0.05, 0) is 36.2 Å². The molecule has 6 aromatic heterocycles. The van der Waals surface area contributed by atoms with Crippen LogP contribution < -0.4 is 5.32 Å². The van der Waals surface area contributed by atoms with Crippen LogP contribution in [-0.4, -0.2) is 44.7 Å². The molecule has 6 heterocycles. The number of aromatic amines is 2. The number of benzene rings is 1. The van der Waals surface area contributed by atoms with Crippen molar-refractivity contribution in [1.29, 1.82) is 0 Å². The molecule has 10 nitrogen and oxygen atoms in total. The van der Waals surface area contributed by atoms with Gasteiger partial charge in [0.1, 0.15) is 11.2 Å². The van der Waals surface area contributed by atoms with E-state index in [0.29, 0.717) is 29.4 Å². The van der Waals surface area contributed by atoms with Crippen molar-refractivity contribution < 1.29 is 0 Å². The Balaban J connectivity index is 1.20. The van der Waals surface area contributed by atoms with E-state index in [-0.39, 0.29) is 0 Å². The predicted molar refractivity (Wildman–Crippen MR) is 149 cm³/mol. The molecule has 0 atom stereocenters. The molecule has 7 rings (SSSR count). The lowest BCUT2D eigenvalue weighted by Gasteiger charge is -2.07. The van der Waals surface area contributed by atoms with Crippen LogP contribution in [0.25, 0.3) is 50.5 Å². The summed E-state index contributed by atoms with van der Waals surface area (Å²) in [4.78, 5) is 26.1. The van der Waals surface area contributed by atoms with Crippen LogP contribution in [0.2, 0.25) is 0 Å². The van der Waals surface area contributed by atoms with Gasteiger partial charge in [-0.25, -0.2) is 19.9 Å². The van der Waals surface area contributed by atoms with Crippen LogP contribution in [0.5, 0.6) is 0 Å². The van der Waals surface area contributed by atoms with Crippen molar-refractivity contribution in [2.45, 2.75) is 20.0 Å². The van der Waals surface area contributed by atoms with Crippen molar-refractivity contribution in [3.8, 4) is 28.3 Å². The minimum absolute atomic E-state index is 0.615. The molecule has 7 aromatic rings. The van der Waals surface area contributed by atoms with Gasteiger partial charge in [0.15, 0.2) is 17.1 Å². The van der Waals surface area contributed by atoms with Crippen LogP contribution in [0.15, 0.2) is 85.8 Å². The summed E-state index contributed by atoms with van der Waals surface area (Å²) in [7, 11) is 0. The molecule has 0 saturated heterocycles. The summed E-state index contributed by atoms with van der Waals surface area (Å²) in [6, 6.07) is 16.5. The molecule has 0 unspecified atom stereocenters. The third-order valence-electron chi connectivity index (χ3n) is 6.62. The first-order valence-electron chi connectivity index (χ1n) is 12.6. The van der Waals surface area contributed by atoms with Gasteiger partial charge in [0.05, 0.1) is 23.1 Å². The first-order chi connectivity index (χ1) is 19.2. The number of hydrogen-bond acceptors (Lipinski definition) is 7. The van der Waals surface area contributed by atoms with Crippen molar-refractivity contribution in [2.24, 2.45) is 0 Å². The smallest absolute Gasteiger partial charge is 0.161 e. The maximum absolute atomic E-state index is 4.87. The summed E-state index contributed by atoms with van der Waals surface area (Å²) in [5.41, 5.74) is 8.88. The van der Waals surface area contributed by atoms with Gasteiger partial charge in [-0.2, -0.15) is 5.10 Å². The highest BCUT2D eigenvalue weighted by Gasteiger charge is 2.17. The largest absolute Gasteiger partial charge is 0.321 e. The second kappa shape index (κ2) is 9.58. The van der Waals surface area contributed by atoms with Crippen molar-refractivity contribution in [3.63, 3.8) is 0 Å². The van der Waals surface area contributed by atoms with E-state index in [1.807, 2.05) is 60.5 Å². The van der Waals surface area contributed by atoms with Crippen LogP contribution in [0.3, 0.4) is 0 Å². The third kappa shape index (κ3) is 4.42. The molecular formula is C29H24N10. The average molecular weight is 513 g/mol. The highest BCUT2D eigenvalue weighted by atomic mass is 15.2. The molecule has 0 amide bonds. The normalized spacial score (nSPS) is 11.5. The minimum atomic E-state index is 0.615. The van der Waals surface area contributed by atoms with Gasteiger partial charge in [-0.3, -0.25) is 10.1 Å². The Bertz CT molecular complexity index is 1920. The molecule has 3 N–H and O–H groups in total. The Labute approximate surface area is 223 Å². The molecule has 0 saturated carbocycles. The molecule has 0 aliphatic heterocycles. The van der Waals surface area contributed by atoms with Gasteiger partial charge >= 0.3 is 0 Å². The lowest BCUT2D eigenvalue weighted by molar-refractivity contribution is 0.691. The SMILES string of the molecule is Cc1cn(-c2ccnc3[nH]c(-c4n[nH]c5ncc(-c6cncc(CNCc7ccccc7)c6)cc45)nc23)cn1. The Morgan fingerprint density at radius 2 is 1.74 bits per heavy atom. The van der Waals surface area contributed by atoms with Gasteiger partial charge in [0.2, 0.25) is 0 Å². The zero-order chi connectivity index (χ0) is 26.2. The molecule has 1 aromatic carbocycles. The predicted octanol–water partition coefficient (Wildman–Crippen LogP) is 4.74. The second-order valence-electron chi connectivity index (χ2n) is 9.40. The van der Waals surface area contributed by atoms with Crippen LogP contribution in [0, 0.1) is 6.92 Å². The van der Waals surface area contributed by atoms with Crippen LogP contribution in [0.4, 0.5) is 0 Å². The monoisotopic (exact) mass is 512 g/mol. The average Bonchev–Trinajstić information content (AvgIpc) is 3.71. The standard InChI is InChI=1S/C29H24N10/c1-18-16-39(17-34-18)24-7-8-32-28-26(24)35-29(36-28)25-23-10-22(15-33-27(23)38-37-25)21-9-20(13-31-14-21)12-30-11-19-5-3-2-4-6-19/h2-10,13-17,30H,11-12H2,1H3,(H,32,35,36)(H,33,37,38). The van der Waals surface area contributed by atoms with Crippen molar-refractivity contribution in [3.05, 3.63) is 103 Å². The quantitative estimate of drug-likeness (QED) is 0.282. The van der Waals surface area contributed by atoms with Gasteiger partial charge in [0.25, 0.3) is 0 Å². The summed E-state index contributed by atoms with van der Waals surface area (Å²) in [6.07, 6.45) is 11.1. The molecule has 0 fully saturated rings. The number of nitrogens with one attached hydrogen (secondary N) is 3. The molecule has 0 aliphatic rings. The number of rotatable bonds is 7. The lowest BCUT2D eigenvalue weighted by Crippen LogP contribution is -2.12. The Morgan fingerprint density at radius 1 is 0.872 bits per heavy atom. The Kier molecular flexibility index (Phi) is 5.64. The fourth-order valence-corrected chi connectivity index (χ4v) is 4.70. The molecule has 190 valence electrons. The number of hydrogen-bond donors (Lipinski definition) is 3. The molecule has 0 aliphatic carbocycles. The summed E-state index contributed by atoms with van der Waals surface area (Å²) in [5, 5.41) is 11.9. The minimum Gasteiger partial charge on any atom is -0.321 e. The van der Waals surface area contributed by atoms with E-state index in [4.69, 9.17) is 4.98 Å². The summed E-state index contributed by atoms with van der Waals surface area (Å²) in [5.74, 6) is 0.615. The van der Waals surface area contributed by atoms with E-state index in [9.17, 15) is 0 Å². The lowest BCUT2D eigenvalue weighted by atomic mass is 10.1. The molecule has 0 spiro atoms. The number of H-pyrrole nitrogens is 2. The van der Waals surface area contributed by atoms with E-state index < -0.39 is 0 Å². The van der Waals surface area contributed by atoms with Gasteiger partial charge in [-0.1, -0.05) is 30.3 Å². The first-order valence-corrected chi connectivity index (χ1v) is 12.6. The molecule has 0 bridgehead atoms. The van der Waals surface area contributed by atoms with Gasteiger partial charge in [0, 0.05) is 55.2 Å². The summed E-state index contributed by atoms with van der Waals surface area (Å²) >= 11 is 0. The second-order valence-corrected chi connectivity index (χ2v) is 9.40. The zero-order valence-corrected chi connectivity index (χ0v) is 21.1. The third-order valence-corrected chi connectivity index (χ3v) is 6.62. The van der Waals surface area contributed by atoms with E-state index in [0.717, 1.165) is 45.5 Å². The summed E-state index contributed by atoms with van der Waals surface area (Å²) < 4.78 is 1.95. The van der Waals surface area contributed by atoms with Crippen LogP contribution >= 0.6 is 0 Å². The van der Waals surface area contributed by atoms with Gasteiger partial charge in [-0.15, -0.1) is 0 Å². The highest BCUT2D eigenvalue weighted by Crippen LogP contribution is 2.30. The molecule has 39 heavy (non-hydrogen) atoms. The van der Waals surface area contributed by atoms with E-state index in [2.05, 4.69) is 64.7 Å². The maximum atomic E-state index is 4.87. The fourth-order valence-electron chi connectivity index (χ4n) is 4.70. The maximum Gasteiger partial charge on any atom is 0.161 e.